The Kier molecular flexibility index (Phi) is 3.28. The molecule has 0 aromatic heterocycles. The summed E-state index contributed by atoms with van der Waals surface area (Å²) in [5, 5.41) is 9.28. The van der Waals surface area contributed by atoms with Gasteiger partial charge in [0.2, 0.25) is 0 Å². The number of piperidine rings is 1. The van der Waals surface area contributed by atoms with Gasteiger partial charge in [-0.3, -0.25) is 9.69 Å². The van der Waals surface area contributed by atoms with Crippen LogP contribution in [0.4, 0.5) is 4.39 Å². The topological polar surface area (TPSA) is 40.5 Å². The SMILES string of the molecule is CC1(C(=O)O)CCN(C2CCc3c(F)cccc32)CC1. The lowest BCUT2D eigenvalue weighted by Crippen LogP contribution is -2.43. The van der Waals surface area contributed by atoms with E-state index < -0.39 is 11.4 Å². The van der Waals surface area contributed by atoms with Crippen LogP contribution < -0.4 is 0 Å². The minimum absolute atomic E-state index is 0.0996. The summed E-state index contributed by atoms with van der Waals surface area (Å²) in [5.74, 6) is -0.799. The molecule has 1 aliphatic carbocycles. The van der Waals surface area contributed by atoms with E-state index in [0.717, 1.165) is 37.1 Å². The zero-order valence-corrected chi connectivity index (χ0v) is 11.7. The molecule has 0 radical (unpaired) electrons. The van der Waals surface area contributed by atoms with E-state index in [-0.39, 0.29) is 11.9 Å². The Labute approximate surface area is 118 Å². The second kappa shape index (κ2) is 4.85. The van der Waals surface area contributed by atoms with Gasteiger partial charge in [-0.15, -0.1) is 0 Å². The van der Waals surface area contributed by atoms with Crippen molar-refractivity contribution in [1.82, 2.24) is 4.90 Å². The number of carboxylic acids is 1. The molecule has 1 aromatic carbocycles. The van der Waals surface area contributed by atoms with Crippen molar-refractivity contribution in [3.8, 4) is 0 Å². The molecule has 0 spiro atoms. The summed E-state index contributed by atoms with van der Waals surface area (Å²) < 4.78 is 13.8. The number of nitrogens with zero attached hydrogens (tertiary/aromatic N) is 1. The Morgan fingerprint density at radius 3 is 2.75 bits per heavy atom. The average molecular weight is 277 g/mol. The Bertz CT molecular complexity index is 535. The number of carbonyl (C=O) groups is 1. The van der Waals surface area contributed by atoms with Gasteiger partial charge in [-0.25, -0.2) is 4.39 Å². The van der Waals surface area contributed by atoms with Crippen LogP contribution in [0.2, 0.25) is 0 Å². The molecule has 0 saturated carbocycles. The van der Waals surface area contributed by atoms with Gasteiger partial charge in [-0.05, 0) is 62.9 Å². The number of fused-ring (bicyclic) bond motifs is 1. The summed E-state index contributed by atoms with van der Waals surface area (Å²) >= 11 is 0. The van der Waals surface area contributed by atoms with Gasteiger partial charge in [-0.2, -0.15) is 0 Å². The first-order valence-corrected chi connectivity index (χ1v) is 7.26. The molecule has 2 aliphatic rings. The van der Waals surface area contributed by atoms with Crippen molar-refractivity contribution in [3.63, 3.8) is 0 Å². The normalized spacial score (nSPS) is 25.4. The van der Waals surface area contributed by atoms with E-state index in [9.17, 15) is 14.3 Å². The van der Waals surface area contributed by atoms with Crippen molar-refractivity contribution >= 4 is 5.97 Å². The number of rotatable bonds is 2. The summed E-state index contributed by atoms with van der Waals surface area (Å²) in [6.07, 6.45) is 3.08. The largest absolute Gasteiger partial charge is 0.481 e. The third-order valence-electron chi connectivity index (χ3n) is 5.04. The number of benzene rings is 1. The summed E-state index contributed by atoms with van der Waals surface area (Å²) in [4.78, 5) is 13.6. The first-order chi connectivity index (χ1) is 9.51. The minimum Gasteiger partial charge on any atom is -0.481 e. The highest BCUT2D eigenvalue weighted by atomic mass is 19.1. The zero-order chi connectivity index (χ0) is 14.3. The number of aliphatic carboxylic acids is 1. The molecule has 1 aliphatic heterocycles. The standard InChI is InChI=1S/C16H20FNO2/c1-16(15(19)20)7-9-18(10-8-16)14-6-5-11-12(14)3-2-4-13(11)17/h2-4,14H,5-10H2,1H3,(H,19,20). The monoisotopic (exact) mass is 277 g/mol. The van der Waals surface area contributed by atoms with E-state index in [2.05, 4.69) is 4.90 Å². The molecule has 1 unspecified atom stereocenters. The van der Waals surface area contributed by atoms with Crippen LogP contribution in [-0.2, 0) is 11.2 Å². The molecule has 0 bridgehead atoms. The van der Waals surface area contributed by atoms with Crippen LogP contribution in [0.5, 0.6) is 0 Å². The van der Waals surface area contributed by atoms with Gasteiger partial charge in [0.25, 0.3) is 0 Å². The van der Waals surface area contributed by atoms with E-state index in [1.54, 1.807) is 6.07 Å². The third kappa shape index (κ3) is 2.12. The van der Waals surface area contributed by atoms with Crippen molar-refractivity contribution in [2.24, 2.45) is 5.41 Å². The molecule has 1 atom stereocenters. The first kappa shape index (κ1) is 13.6. The third-order valence-corrected chi connectivity index (χ3v) is 5.04. The van der Waals surface area contributed by atoms with E-state index in [1.807, 2.05) is 13.0 Å². The lowest BCUT2D eigenvalue weighted by atomic mass is 9.80. The molecule has 1 fully saturated rings. The molecule has 108 valence electrons. The van der Waals surface area contributed by atoms with E-state index >= 15 is 0 Å². The number of carboxylic acid groups (broad SMARTS) is 1. The van der Waals surface area contributed by atoms with Crippen molar-refractivity contribution < 1.29 is 14.3 Å². The van der Waals surface area contributed by atoms with Gasteiger partial charge in [0.05, 0.1) is 5.41 Å². The van der Waals surface area contributed by atoms with Crippen LogP contribution in [0.25, 0.3) is 0 Å². The summed E-state index contributed by atoms with van der Waals surface area (Å²) in [6, 6.07) is 5.58. The minimum atomic E-state index is -0.699. The van der Waals surface area contributed by atoms with E-state index in [0.29, 0.717) is 12.8 Å². The van der Waals surface area contributed by atoms with Crippen LogP contribution in [0.15, 0.2) is 18.2 Å². The Morgan fingerprint density at radius 1 is 1.40 bits per heavy atom. The highest BCUT2D eigenvalue weighted by Gasteiger charge is 2.40. The van der Waals surface area contributed by atoms with Gasteiger partial charge in [0, 0.05) is 6.04 Å². The van der Waals surface area contributed by atoms with Gasteiger partial charge in [0.15, 0.2) is 0 Å². The number of hydrogen-bond acceptors (Lipinski definition) is 2. The van der Waals surface area contributed by atoms with Gasteiger partial charge >= 0.3 is 5.97 Å². The second-order valence-electron chi connectivity index (χ2n) is 6.26. The highest BCUT2D eigenvalue weighted by molar-refractivity contribution is 5.74. The highest BCUT2D eigenvalue weighted by Crippen LogP contribution is 2.41. The summed E-state index contributed by atoms with van der Waals surface area (Å²) in [7, 11) is 0. The van der Waals surface area contributed by atoms with E-state index in [4.69, 9.17) is 0 Å². The molecular weight excluding hydrogens is 257 g/mol. The Balaban J connectivity index is 1.75. The van der Waals surface area contributed by atoms with Gasteiger partial charge in [-0.1, -0.05) is 12.1 Å². The van der Waals surface area contributed by atoms with Crippen molar-refractivity contribution in [1.29, 1.82) is 0 Å². The molecule has 4 heteroatoms. The first-order valence-electron chi connectivity index (χ1n) is 7.26. The van der Waals surface area contributed by atoms with Crippen LogP contribution in [0, 0.1) is 11.2 Å². The zero-order valence-electron chi connectivity index (χ0n) is 11.7. The lowest BCUT2D eigenvalue weighted by Gasteiger charge is -2.39. The van der Waals surface area contributed by atoms with E-state index in [1.165, 1.54) is 6.07 Å². The smallest absolute Gasteiger partial charge is 0.309 e. The fourth-order valence-electron chi connectivity index (χ4n) is 3.51. The molecular formula is C16H20FNO2. The quantitative estimate of drug-likeness (QED) is 0.903. The molecule has 0 amide bonds. The predicted molar refractivity (Wildman–Crippen MR) is 74.0 cm³/mol. The maximum Gasteiger partial charge on any atom is 0.309 e. The van der Waals surface area contributed by atoms with Crippen LogP contribution in [0.3, 0.4) is 0 Å². The molecule has 20 heavy (non-hydrogen) atoms. The van der Waals surface area contributed by atoms with Crippen LogP contribution >= 0.6 is 0 Å². The van der Waals surface area contributed by atoms with Crippen molar-refractivity contribution in [2.45, 2.75) is 38.6 Å². The lowest BCUT2D eigenvalue weighted by molar-refractivity contribution is -0.151. The average Bonchev–Trinajstić information content (AvgIpc) is 2.85. The fraction of sp³-hybridized carbons (Fsp3) is 0.562. The molecule has 3 rings (SSSR count). The second-order valence-corrected chi connectivity index (χ2v) is 6.26. The van der Waals surface area contributed by atoms with Gasteiger partial charge < -0.3 is 5.11 Å². The van der Waals surface area contributed by atoms with Crippen molar-refractivity contribution in [2.75, 3.05) is 13.1 Å². The summed E-state index contributed by atoms with van der Waals surface area (Å²) in [5.41, 5.74) is 1.35. The Hall–Kier alpha value is -1.42. The maximum atomic E-state index is 13.8. The number of hydrogen-bond donors (Lipinski definition) is 1. The van der Waals surface area contributed by atoms with Crippen LogP contribution in [-0.4, -0.2) is 29.1 Å². The van der Waals surface area contributed by atoms with Crippen molar-refractivity contribution in [3.05, 3.63) is 35.1 Å². The predicted octanol–water partition coefficient (Wildman–Crippen LogP) is 3.00. The molecule has 1 aromatic rings. The number of likely N-dealkylation sites (tertiary alicyclic amines) is 1. The molecule has 3 nitrogen and oxygen atoms in total. The summed E-state index contributed by atoms with van der Waals surface area (Å²) in [6.45, 7) is 3.39. The number of halogens is 1. The Morgan fingerprint density at radius 2 is 2.10 bits per heavy atom. The molecule has 1 heterocycles. The van der Waals surface area contributed by atoms with Crippen LogP contribution in [0.1, 0.15) is 43.4 Å². The molecule has 1 N–H and O–H groups in total. The maximum absolute atomic E-state index is 13.8. The van der Waals surface area contributed by atoms with Gasteiger partial charge in [0.1, 0.15) is 5.82 Å². The fourth-order valence-corrected chi connectivity index (χ4v) is 3.51. The molecule has 1 saturated heterocycles.